The summed E-state index contributed by atoms with van der Waals surface area (Å²) >= 11 is 0. The molecule has 0 aliphatic carbocycles. The fourth-order valence-corrected chi connectivity index (χ4v) is 2.23. The van der Waals surface area contributed by atoms with Crippen LogP contribution in [0.2, 0.25) is 0 Å². The number of imidazole rings is 1. The van der Waals surface area contributed by atoms with Crippen LogP contribution in [0.4, 0.5) is 5.82 Å². The van der Waals surface area contributed by atoms with E-state index in [1.807, 2.05) is 28.8 Å². The lowest BCUT2D eigenvalue weighted by atomic mass is 10.1. The van der Waals surface area contributed by atoms with E-state index in [2.05, 4.69) is 29.9 Å². The van der Waals surface area contributed by atoms with Crippen molar-refractivity contribution in [2.75, 3.05) is 5.73 Å². The average Bonchev–Trinajstić information content (AvgIpc) is 2.80. The summed E-state index contributed by atoms with van der Waals surface area (Å²) in [5, 5.41) is 1.10. The maximum absolute atomic E-state index is 6.17. The minimum atomic E-state index is 0.309. The number of rotatable bonds is 2. The Balaban J connectivity index is 2.14. The molecule has 0 atom stereocenters. The lowest BCUT2D eigenvalue weighted by Crippen LogP contribution is -2.04. The first kappa shape index (κ1) is 11.7. The molecule has 0 aliphatic heterocycles. The lowest BCUT2D eigenvalue weighted by molar-refractivity contribution is 0.607. The molecule has 4 heteroatoms. The minimum absolute atomic E-state index is 0.309. The van der Waals surface area contributed by atoms with E-state index >= 15 is 0 Å². The molecule has 3 aromatic rings. The average molecular weight is 252 g/mol. The smallest absolute Gasteiger partial charge is 0.131 e. The lowest BCUT2D eigenvalue weighted by Gasteiger charge is -2.09. The van der Waals surface area contributed by atoms with Gasteiger partial charge < -0.3 is 10.3 Å². The Morgan fingerprint density at radius 1 is 1.16 bits per heavy atom. The second-order valence-electron chi connectivity index (χ2n) is 4.89. The monoisotopic (exact) mass is 252 g/mol. The highest BCUT2D eigenvalue weighted by Gasteiger charge is 2.12. The second-order valence-corrected chi connectivity index (χ2v) is 4.89. The van der Waals surface area contributed by atoms with E-state index in [1.165, 1.54) is 0 Å². The van der Waals surface area contributed by atoms with Crippen molar-refractivity contribution in [3.05, 3.63) is 42.9 Å². The predicted molar refractivity (Wildman–Crippen MR) is 77.8 cm³/mol. The number of hydrogen-bond acceptors (Lipinski definition) is 3. The van der Waals surface area contributed by atoms with Gasteiger partial charge in [0.1, 0.15) is 11.5 Å². The van der Waals surface area contributed by atoms with E-state index in [0.717, 1.165) is 22.2 Å². The summed E-state index contributed by atoms with van der Waals surface area (Å²) in [7, 11) is 0. The van der Waals surface area contributed by atoms with Crippen LogP contribution in [0.15, 0.2) is 42.9 Å². The van der Waals surface area contributed by atoms with Gasteiger partial charge in [-0.25, -0.2) is 4.98 Å². The van der Waals surface area contributed by atoms with Crippen molar-refractivity contribution < 1.29 is 0 Å². The predicted octanol–water partition coefficient (Wildman–Crippen LogP) is 3.26. The normalized spacial score (nSPS) is 11.3. The Morgan fingerprint density at radius 2 is 2.00 bits per heavy atom. The fourth-order valence-electron chi connectivity index (χ4n) is 2.23. The Labute approximate surface area is 111 Å². The zero-order valence-electron chi connectivity index (χ0n) is 11.0. The Hall–Kier alpha value is -2.36. The van der Waals surface area contributed by atoms with Gasteiger partial charge in [-0.05, 0) is 32.0 Å². The summed E-state index contributed by atoms with van der Waals surface area (Å²) in [5.41, 5.74) is 9.00. The van der Waals surface area contributed by atoms with Crippen LogP contribution in [-0.4, -0.2) is 14.5 Å². The first-order valence-corrected chi connectivity index (χ1v) is 6.34. The second kappa shape index (κ2) is 4.39. The molecule has 0 saturated heterocycles. The summed E-state index contributed by atoms with van der Waals surface area (Å²) in [5.74, 6) is 0.707. The minimum Gasteiger partial charge on any atom is -0.383 e. The summed E-state index contributed by atoms with van der Waals surface area (Å²) in [6.45, 7) is 4.18. The van der Waals surface area contributed by atoms with Gasteiger partial charge >= 0.3 is 0 Å². The summed E-state index contributed by atoms with van der Waals surface area (Å²) in [6, 6.07) is 10.4. The van der Waals surface area contributed by atoms with Crippen molar-refractivity contribution in [3.8, 4) is 11.3 Å². The molecule has 0 bridgehead atoms. The van der Waals surface area contributed by atoms with Crippen LogP contribution in [0, 0.1) is 0 Å². The van der Waals surface area contributed by atoms with E-state index in [1.54, 1.807) is 12.5 Å². The molecule has 2 heterocycles. The molecule has 19 heavy (non-hydrogen) atoms. The Kier molecular flexibility index (Phi) is 2.71. The van der Waals surface area contributed by atoms with Crippen molar-refractivity contribution >= 4 is 16.7 Å². The number of fused-ring (bicyclic) bond motifs is 1. The van der Waals surface area contributed by atoms with E-state index < -0.39 is 0 Å². The standard InChI is InChI=1S/C15H16N4/c1-10(2)19-9-18-14(15(19)16)12-5-6-13-11(8-12)4-3-7-17-13/h3-10H,16H2,1-2H3. The maximum Gasteiger partial charge on any atom is 0.131 e. The zero-order chi connectivity index (χ0) is 13.4. The SMILES string of the molecule is CC(C)n1cnc(-c2ccc3ncccc3c2)c1N. The highest BCUT2D eigenvalue weighted by atomic mass is 15.1. The number of benzene rings is 1. The van der Waals surface area contributed by atoms with Crippen molar-refractivity contribution in [1.29, 1.82) is 0 Å². The summed E-state index contributed by atoms with van der Waals surface area (Å²) in [6.07, 6.45) is 3.59. The topological polar surface area (TPSA) is 56.7 Å². The van der Waals surface area contributed by atoms with Crippen LogP contribution in [0.1, 0.15) is 19.9 Å². The van der Waals surface area contributed by atoms with Gasteiger partial charge in [0.05, 0.1) is 11.8 Å². The quantitative estimate of drug-likeness (QED) is 0.761. The van der Waals surface area contributed by atoms with Gasteiger partial charge in [0, 0.05) is 23.2 Å². The first-order valence-electron chi connectivity index (χ1n) is 6.34. The molecule has 0 radical (unpaired) electrons. The van der Waals surface area contributed by atoms with E-state index in [9.17, 15) is 0 Å². The van der Waals surface area contributed by atoms with Crippen LogP contribution in [0.5, 0.6) is 0 Å². The van der Waals surface area contributed by atoms with Crippen molar-refractivity contribution in [2.45, 2.75) is 19.9 Å². The number of anilines is 1. The van der Waals surface area contributed by atoms with Crippen molar-refractivity contribution in [3.63, 3.8) is 0 Å². The van der Waals surface area contributed by atoms with Gasteiger partial charge in [-0.2, -0.15) is 0 Å². The number of nitrogens with zero attached hydrogens (tertiary/aromatic N) is 3. The van der Waals surface area contributed by atoms with Gasteiger partial charge in [0.2, 0.25) is 0 Å². The number of pyridine rings is 1. The molecule has 4 nitrogen and oxygen atoms in total. The van der Waals surface area contributed by atoms with E-state index in [4.69, 9.17) is 5.73 Å². The molecule has 3 rings (SSSR count). The molecule has 0 spiro atoms. The van der Waals surface area contributed by atoms with Crippen LogP contribution >= 0.6 is 0 Å². The molecule has 1 aromatic carbocycles. The van der Waals surface area contributed by atoms with Gasteiger partial charge in [-0.3, -0.25) is 4.98 Å². The third-order valence-corrected chi connectivity index (χ3v) is 3.26. The molecule has 0 aliphatic rings. The molecule has 2 aromatic heterocycles. The van der Waals surface area contributed by atoms with Gasteiger partial charge in [-0.1, -0.05) is 12.1 Å². The molecule has 96 valence electrons. The molecule has 0 amide bonds. The molecule has 2 N–H and O–H groups in total. The third-order valence-electron chi connectivity index (χ3n) is 3.26. The van der Waals surface area contributed by atoms with Gasteiger partial charge in [0.15, 0.2) is 0 Å². The summed E-state index contributed by atoms with van der Waals surface area (Å²) < 4.78 is 1.97. The van der Waals surface area contributed by atoms with Crippen LogP contribution < -0.4 is 5.73 Å². The molecular weight excluding hydrogens is 236 g/mol. The third kappa shape index (κ3) is 1.95. The summed E-state index contributed by atoms with van der Waals surface area (Å²) in [4.78, 5) is 8.75. The Bertz CT molecular complexity index is 728. The van der Waals surface area contributed by atoms with E-state index in [-0.39, 0.29) is 0 Å². The molecular formula is C15H16N4. The molecule has 0 saturated carbocycles. The highest BCUT2D eigenvalue weighted by Crippen LogP contribution is 2.28. The largest absolute Gasteiger partial charge is 0.383 e. The number of aromatic nitrogens is 3. The number of hydrogen-bond donors (Lipinski definition) is 1. The fraction of sp³-hybridized carbons (Fsp3) is 0.200. The molecule has 0 unspecified atom stereocenters. The van der Waals surface area contributed by atoms with Crippen LogP contribution in [-0.2, 0) is 0 Å². The molecule has 0 fully saturated rings. The zero-order valence-corrected chi connectivity index (χ0v) is 11.0. The van der Waals surface area contributed by atoms with E-state index in [0.29, 0.717) is 11.9 Å². The van der Waals surface area contributed by atoms with Gasteiger partial charge in [0.25, 0.3) is 0 Å². The number of nitrogens with two attached hydrogens (primary N) is 1. The van der Waals surface area contributed by atoms with Crippen molar-refractivity contribution in [1.82, 2.24) is 14.5 Å². The van der Waals surface area contributed by atoms with Crippen LogP contribution in [0.25, 0.3) is 22.2 Å². The number of nitrogen functional groups attached to an aromatic ring is 1. The Morgan fingerprint density at radius 3 is 2.74 bits per heavy atom. The highest BCUT2D eigenvalue weighted by molar-refractivity contribution is 5.85. The maximum atomic E-state index is 6.17. The van der Waals surface area contributed by atoms with Crippen LogP contribution in [0.3, 0.4) is 0 Å². The first-order chi connectivity index (χ1) is 9.16. The van der Waals surface area contributed by atoms with Gasteiger partial charge in [-0.15, -0.1) is 0 Å². The van der Waals surface area contributed by atoms with Crippen molar-refractivity contribution in [2.24, 2.45) is 0 Å².